The van der Waals surface area contributed by atoms with Gasteiger partial charge in [0, 0.05) is 5.57 Å². The first kappa shape index (κ1) is 20.0. The summed E-state index contributed by atoms with van der Waals surface area (Å²) in [6.07, 6.45) is 15.1. The lowest BCUT2D eigenvalue weighted by molar-refractivity contribution is 0.163. The summed E-state index contributed by atoms with van der Waals surface area (Å²) in [5.41, 5.74) is 1.90. The SMILES string of the molecule is CC(=COCC1CCCCC1)C(=Nc1ccccc1)OCC1CCCCC1. The van der Waals surface area contributed by atoms with E-state index >= 15 is 0 Å². The fourth-order valence-electron chi connectivity index (χ4n) is 4.12. The maximum Gasteiger partial charge on any atom is 0.219 e. The van der Waals surface area contributed by atoms with E-state index in [1.165, 1.54) is 64.2 Å². The van der Waals surface area contributed by atoms with Gasteiger partial charge in [-0.05, 0) is 56.6 Å². The van der Waals surface area contributed by atoms with Crippen LogP contribution in [0.4, 0.5) is 5.69 Å². The van der Waals surface area contributed by atoms with Crippen LogP contribution in [0.25, 0.3) is 0 Å². The largest absolute Gasteiger partial charge is 0.500 e. The van der Waals surface area contributed by atoms with Crippen LogP contribution in [0.3, 0.4) is 0 Å². The molecule has 0 aromatic heterocycles. The van der Waals surface area contributed by atoms with E-state index in [2.05, 4.69) is 0 Å². The monoisotopic (exact) mass is 369 g/mol. The Hall–Kier alpha value is -1.77. The highest BCUT2D eigenvalue weighted by Gasteiger charge is 2.16. The van der Waals surface area contributed by atoms with E-state index in [0.717, 1.165) is 24.5 Å². The van der Waals surface area contributed by atoms with Crippen molar-refractivity contribution in [3.63, 3.8) is 0 Å². The zero-order chi connectivity index (χ0) is 18.7. The van der Waals surface area contributed by atoms with E-state index in [0.29, 0.717) is 17.7 Å². The van der Waals surface area contributed by atoms with Crippen molar-refractivity contribution in [1.29, 1.82) is 0 Å². The highest BCUT2D eigenvalue weighted by atomic mass is 16.5. The predicted octanol–water partition coefficient (Wildman–Crippen LogP) is 6.81. The van der Waals surface area contributed by atoms with Crippen LogP contribution >= 0.6 is 0 Å². The second-order valence-electron chi connectivity index (χ2n) is 8.21. The van der Waals surface area contributed by atoms with Gasteiger partial charge >= 0.3 is 0 Å². The first-order chi connectivity index (χ1) is 13.3. The van der Waals surface area contributed by atoms with Crippen LogP contribution in [0, 0.1) is 11.8 Å². The summed E-state index contributed by atoms with van der Waals surface area (Å²) in [5, 5.41) is 0. The molecule has 3 rings (SSSR count). The third-order valence-corrected chi connectivity index (χ3v) is 5.82. The smallest absolute Gasteiger partial charge is 0.219 e. The molecule has 0 saturated heterocycles. The molecular formula is C24H35NO2. The van der Waals surface area contributed by atoms with Crippen molar-refractivity contribution < 1.29 is 9.47 Å². The molecule has 0 spiro atoms. The van der Waals surface area contributed by atoms with Gasteiger partial charge in [-0.1, -0.05) is 56.7 Å². The van der Waals surface area contributed by atoms with E-state index < -0.39 is 0 Å². The van der Waals surface area contributed by atoms with Gasteiger partial charge in [-0.25, -0.2) is 4.99 Å². The molecule has 0 amide bonds. The van der Waals surface area contributed by atoms with Crippen molar-refractivity contribution in [1.82, 2.24) is 0 Å². The third-order valence-electron chi connectivity index (χ3n) is 5.82. The van der Waals surface area contributed by atoms with Gasteiger partial charge in [-0.15, -0.1) is 0 Å². The third kappa shape index (κ3) is 7.04. The van der Waals surface area contributed by atoms with E-state index in [1.807, 2.05) is 43.5 Å². The van der Waals surface area contributed by atoms with Crippen LogP contribution in [0.5, 0.6) is 0 Å². The Balaban J connectivity index is 1.60. The highest BCUT2D eigenvalue weighted by molar-refractivity contribution is 5.94. The van der Waals surface area contributed by atoms with Crippen LogP contribution in [-0.2, 0) is 9.47 Å². The number of nitrogens with zero attached hydrogens (tertiary/aromatic N) is 1. The Morgan fingerprint density at radius 2 is 1.48 bits per heavy atom. The summed E-state index contributed by atoms with van der Waals surface area (Å²) in [6.45, 7) is 3.63. The summed E-state index contributed by atoms with van der Waals surface area (Å²) in [7, 11) is 0. The maximum atomic E-state index is 6.19. The molecule has 1 aromatic rings. The van der Waals surface area contributed by atoms with E-state index in [4.69, 9.17) is 14.5 Å². The standard InChI is InChI=1S/C24H35NO2/c1-20(17-26-18-21-11-5-2-6-12-21)24(25-23-15-9-4-10-16-23)27-19-22-13-7-3-8-14-22/h4,9-10,15-17,21-22H,2-3,5-8,11-14,18-19H2,1H3. The van der Waals surface area contributed by atoms with Crippen LogP contribution in [0.2, 0.25) is 0 Å². The van der Waals surface area contributed by atoms with E-state index in [-0.39, 0.29) is 0 Å². The summed E-state index contributed by atoms with van der Waals surface area (Å²) in [6, 6.07) is 10.1. The predicted molar refractivity (Wildman–Crippen MR) is 112 cm³/mol. The summed E-state index contributed by atoms with van der Waals surface area (Å²) in [5.74, 6) is 2.08. The molecule has 2 aliphatic rings. The Labute approximate surface area is 164 Å². The number of aliphatic imine (C=N–C) groups is 1. The number of rotatable bonds is 7. The lowest BCUT2D eigenvalue weighted by Crippen LogP contribution is -2.18. The van der Waals surface area contributed by atoms with Crippen molar-refractivity contribution in [2.45, 2.75) is 71.1 Å². The van der Waals surface area contributed by atoms with Gasteiger partial charge in [0.25, 0.3) is 0 Å². The van der Waals surface area contributed by atoms with E-state index in [1.54, 1.807) is 0 Å². The molecule has 0 radical (unpaired) electrons. The molecule has 2 saturated carbocycles. The molecule has 2 aliphatic carbocycles. The highest BCUT2D eigenvalue weighted by Crippen LogP contribution is 2.25. The molecule has 27 heavy (non-hydrogen) atoms. The van der Waals surface area contributed by atoms with Crippen molar-refractivity contribution in [3.05, 3.63) is 42.2 Å². The number of hydrogen-bond donors (Lipinski definition) is 0. The fraction of sp³-hybridized carbons (Fsp3) is 0.625. The zero-order valence-corrected chi connectivity index (χ0v) is 16.9. The molecule has 0 unspecified atom stereocenters. The molecule has 0 N–H and O–H groups in total. The zero-order valence-electron chi connectivity index (χ0n) is 16.9. The molecule has 3 heteroatoms. The molecule has 148 valence electrons. The van der Waals surface area contributed by atoms with Crippen LogP contribution in [0.1, 0.15) is 71.1 Å². The van der Waals surface area contributed by atoms with Crippen LogP contribution < -0.4 is 0 Å². The van der Waals surface area contributed by atoms with Gasteiger partial charge in [0.2, 0.25) is 5.90 Å². The lowest BCUT2D eigenvalue weighted by atomic mass is 9.90. The second kappa shape index (κ2) is 11.2. The first-order valence-corrected chi connectivity index (χ1v) is 10.9. The van der Waals surface area contributed by atoms with E-state index in [9.17, 15) is 0 Å². The number of benzene rings is 1. The summed E-state index contributed by atoms with van der Waals surface area (Å²) < 4.78 is 12.1. The van der Waals surface area contributed by atoms with Crippen molar-refractivity contribution in [3.8, 4) is 0 Å². The first-order valence-electron chi connectivity index (χ1n) is 10.9. The van der Waals surface area contributed by atoms with Gasteiger partial charge in [0.15, 0.2) is 0 Å². The molecule has 0 atom stereocenters. The van der Waals surface area contributed by atoms with Crippen molar-refractivity contribution in [2.24, 2.45) is 16.8 Å². The topological polar surface area (TPSA) is 30.8 Å². The minimum Gasteiger partial charge on any atom is -0.500 e. The molecule has 2 fully saturated rings. The normalized spacial score (nSPS) is 20.5. The molecule has 3 nitrogen and oxygen atoms in total. The van der Waals surface area contributed by atoms with Crippen molar-refractivity contribution >= 4 is 11.6 Å². The minimum atomic E-state index is 0.663. The maximum absolute atomic E-state index is 6.19. The Morgan fingerprint density at radius 3 is 2.11 bits per heavy atom. The average Bonchev–Trinajstić information content (AvgIpc) is 2.73. The van der Waals surface area contributed by atoms with Crippen LogP contribution in [0.15, 0.2) is 47.2 Å². The Kier molecular flexibility index (Phi) is 8.26. The number of ether oxygens (including phenoxy) is 2. The molecule has 1 aromatic carbocycles. The molecule has 0 aliphatic heterocycles. The lowest BCUT2D eigenvalue weighted by Gasteiger charge is -2.22. The number of para-hydroxylation sites is 1. The molecule has 0 heterocycles. The fourth-order valence-corrected chi connectivity index (χ4v) is 4.12. The van der Waals surface area contributed by atoms with Gasteiger partial charge in [0.1, 0.15) is 0 Å². The average molecular weight is 370 g/mol. The Bertz CT molecular complexity index is 596. The minimum absolute atomic E-state index is 0.663. The Morgan fingerprint density at radius 1 is 0.889 bits per heavy atom. The van der Waals surface area contributed by atoms with Gasteiger partial charge in [-0.2, -0.15) is 0 Å². The van der Waals surface area contributed by atoms with Gasteiger partial charge in [-0.3, -0.25) is 0 Å². The molecule has 0 bridgehead atoms. The van der Waals surface area contributed by atoms with Gasteiger partial charge < -0.3 is 9.47 Å². The number of hydrogen-bond acceptors (Lipinski definition) is 3. The summed E-state index contributed by atoms with van der Waals surface area (Å²) in [4.78, 5) is 4.75. The van der Waals surface area contributed by atoms with Gasteiger partial charge in [0.05, 0.1) is 25.2 Å². The molecular weight excluding hydrogens is 334 g/mol. The van der Waals surface area contributed by atoms with Crippen LogP contribution in [-0.4, -0.2) is 19.1 Å². The summed E-state index contributed by atoms with van der Waals surface area (Å²) >= 11 is 0. The van der Waals surface area contributed by atoms with Crippen molar-refractivity contribution in [2.75, 3.05) is 13.2 Å². The quantitative estimate of drug-likeness (QED) is 0.300. The second-order valence-corrected chi connectivity index (χ2v) is 8.21.